The van der Waals surface area contributed by atoms with Crippen molar-refractivity contribution in [2.75, 3.05) is 7.05 Å². The Morgan fingerprint density at radius 3 is 2.41 bits per heavy atom. The van der Waals surface area contributed by atoms with E-state index in [9.17, 15) is 35.9 Å². The van der Waals surface area contributed by atoms with E-state index in [1.807, 2.05) is 0 Å². The van der Waals surface area contributed by atoms with Crippen molar-refractivity contribution in [3.63, 3.8) is 0 Å². The number of carbonyl (C=O) groups is 2. The second-order valence-electron chi connectivity index (χ2n) is 9.92. The average molecular weight is 612 g/mol. The molecule has 0 saturated heterocycles. The Bertz CT molecular complexity index is 1850. The van der Waals surface area contributed by atoms with Gasteiger partial charge >= 0.3 is 6.18 Å². The number of alkyl halides is 3. The van der Waals surface area contributed by atoms with E-state index in [1.165, 1.54) is 31.4 Å². The normalized spacial score (nSPS) is 12.2. The summed E-state index contributed by atoms with van der Waals surface area (Å²) < 4.78 is 82.5. The third kappa shape index (κ3) is 6.56. The quantitative estimate of drug-likeness (QED) is 0.186. The number of amides is 2. The predicted octanol–water partition coefficient (Wildman–Crippen LogP) is 6.06. The molecule has 44 heavy (non-hydrogen) atoms. The molecule has 7 nitrogen and oxygen atoms in total. The summed E-state index contributed by atoms with van der Waals surface area (Å²) in [6, 6.07) is 11.8. The number of halogens is 6. The van der Waals surface area contributed by atoms with Crippen LogP contribution in [0.4, 0.5) is 26.3 Å². The van der Waals surface area contributed by atoms with Crippen molar-refractivity contribution in [2.24, 2.45) is 0 Å². The highest BCUT2D eigenvalue weighted by atomic mass is 19.4. The molecule has 0 aliphatic rings. The maximum absolute atomic E-state index is 14.4. The Morgan fingerprint density at radius 2 is 1.70 bits per heavy atom. The van der Waals surface area contributed by atoms with Gasteiger partial charge in [0.2, 0.25) is 5.91 Å². The summed E-state index contributed by atoms with van der Waals surface area (Å²) in [7, 11) is 1.35. The fraction of sp³-hybridized carbons (Fsp3) is 0.161. The minimum atomic E-state index is -4.61. The van der Waals surface area contributed by atoms with Crippen LogP contribution in [-0.4, -0.2) is 34.0 Å². The monoisotopic (exact) mass is 611 g/mol. The maximum atomic E-state index is 14.4. The highest BCUT2D eigenvalue weighted by Crippen LogP contribution is 2.33. The Morgan fingerprint density at radius 1 is 0.955 bits per heavy atom. The summed E-state index contributed by atoms with van der Waals surface area (Å²) in [5, 5.41) is 11.8. The van der Waals surface area contributed by atoms with Gasteiger partial charge in [-0.2, -0.15) is 18.3 Å². The molecule has 0 bridgehead atoms. The van der Waals surface area contributed by atoms with E-state index in [0.717, 1.165) is 30.3 Å². The van der Waals surface area contributed by atoms with Crippen molar-refractivity contribution in [3.05, 3.63) is 118 Å². The van der Waals surface area contributed by atoms with Crippen molar-refractivity contribution < 1.29 is 35.9 Å². The molecule has 226 valence electrons. The third-order valence-electron chi connectivity index (χ3n) is 6.91. The molecule has 0 spiro atoms. The summed E-state index contributed by atoms with van der Waals surface area (Å²) in [5.41, 5.74) is 0.366. The molecule has 13 heteroatoms. The number of benzene rings is 3. The smallest absolute Gasteiger partial charge is 0.355 e. The molecule has 5 rings (SSSR count). The van der Waals surface area contributed by atoms with Gasteiger partial charge in [-0.05, 0) is 66.1 Å². The van der Waals surface area contributed by atoms with Crippen molar-refractivity contribution in [3.8, 4) is 11.1 Å². The number of fused-ring (bicyclic) bond motifs is 1. The minimum absolute atomic E-state index is 0.102. The van der Waals surface area contributed by atoms with Gasteiger partial charge in [-0.25, -0.2) is 13.2 Å². The van der Waals surface area contributed by atoms with Crippen molar-refractivity contribution >= 4 is 22.7 Å². The van der Waals surface area contributed by atoms with Gasteiger partial charge in [-0.1, -0.05) is 12.1 Å². The lowest BCUT2D eigenvalue weighted by atomic mass is 9.94. The number of carbonyl (C=O) groups excluding carboxylic acids is 2. The van der Waals surface area contributed by atoms with Gasteiger partial charge in [0.15, 0.2) is 0 Å². The van der Waals surface area contributed by atoms with E-state index >= 15 is 0 Å². The van der Waals surface area contributed by atoms with Crippen LogP contribution in [0, 0.1) is 17.5 Å². The van der Waals surface area contributed by atoms with Gasteiger partial charge in [-0.15, -0.1) is 0 Å². The first-order valence-corrected chi connectivity index (χ1v) is 13.2. The summed E-state index contributed by atoms with van der Waals surface area (Å²) in [4.78, 5) is 30.0. The molecule has 1 atom stereocenters. The van der Waals surface area contributed by atoms with Crippen LogP contribution in [0.5, 0.6) is 0 Å². The standard InChI is InChI=1S/C31H23F6N5O2/c1-38-30(44)22-12-17(4-6-24(22)34)21-3-2-8-39-29(21)27(11-16-9-19(32)14-20(33)10-16)40-28(43)15-26-23-13-18(31(35,36)37)5-7-25(23)41-42-26/h2-10,12-14,27H,11,15H2,1H3,(H,38,44)(H,40,43)(H,41,42)/t27-/m0/s1. The van der Waals surface area contributed by atoms with Crippen LogP contribution in [0.25, 0.3) is 22.0 Å². The fourth-order valence-corrected chi connectivity index (χ4v) is 4.90. The predicted molar refractivity (Wildman–Crippen MR) is 149 cm³/mol. The fourth-order valence-electron chi connectivity index (χ4n) is 4.90. The molecule has 0 saturated carbocycles. The second-order valence-corrected chi connectivity index (χ2v) is 9.92. The second kappa shape index (κ2) is 12.2. The first-order valence-electron chi connectivity index (χ1n) is 13.2. The largest absolute Gasteiger partial charge is 0.416 e. The van der Waals surface area contributed by atoms with Crippen LogP contribution in [-0.2, 0) is 23.8 Å². The zero-order valence-electron chi connectivity index (χ0n) is 22.9. The molecule has 3 aromatic carbocycles. The lowest BCUT2D eigenvalue weighted by molar-refractivity contribution is -0.137. The molecule has 0 fully saturated rings. The molecular formula is C31H23F6N5O2. The summed E-state index contributed by atoms with van der Waals surface area (Å²) in [5.74, 6) is -3.78. The van der Waals surface area contributed by atoms with Gasteiger partial charge in [0.05, 0.1) is 40.5 Å². The van der Waals surface area contributed by atoms with Crippen LogP contribution in [0.1, 0.15) is 38.9 Å². The van der Waals surface area contributed by atoms with Crippen LogP contribution in [0.15, 0.2) is 72.9 Å². The highest BCUT2D eigenvalue weighted by molar-refractivity contribution is 5.95. The Hall–Kier alpha value is -5.20. The number of rotatable bonds is 8. The Labute approximate surface area is 246 Å². The number of hydrogen-bond acceptors (Lipinski definition) is 4. The lowest BCUT2D eigenvalue weighted by Crippen LogP contribution is -2.32. The van der Waals surface area contributed by atoms with Crippen molar-refractivity contribution in [1.82, 2.24) is 25.8 Å². The van der Waals surface area contributed by atoms with Gasteiger partial charge in [0, 0.05) is 30.3 Å². The number of aromatic nitrogens is 3. The average Bonchev–Trinajstić information content (AvgIpc) is 3.37. The maximum Gasteiger partial charge on any atom is 0.416 e. The Balaban J connectivity index is 1.52. The molecule has 0 aliphatic heterocycles. The van der Waals surface area contributed by atoms with Crippen molar-refractivity contribution in [1.29, 1.82) is 0 Å². The van der Waals surface area contributed by atoms with Gasteiger partial charge in [0.25, 0.3) is 5.91 Å². The topological polar surface area (TPSA) is 99.8 Å². The number of hydrogen-bond donors (Lipinski definition) is 3. The van der Waals surface area contributed by atoms with Crippen LogP contribution < -0.4 is 10.6 Å². The molecule has 2 heterocycles. The Kier molecular flexibility index (Phi) is 8.39. The molecule has 3 N–H and O–H groups in total. The number of nitrogens with zero attached hydrogens (tertiary/aromatic N) is 2. The zero-order valence-corrected chi connectivity index (χ0v) is 22.9. The van der Waals surface area contributed by atoms with Gasteiger partial charge < -0.3 is 10.6 Å². The molecule has 2 amide bonds. The zero-order chi connectivity index (χ0) is 31.6. The summed E-state index contributed by atoms with van der Waals surface area (Å²) in [6.07, 6.45) is -3.74. The minimum Gasteiger partial charge on any atom is -0.355 e. The molecule has 2 aromatic heterocycles. The number of aromatic amines is 1. The van der Waals surface area contributed by atoms with E-state index in [2.05, 4.69) is 25.8 Å². The summed E-state index contributed by atoms with van der Waals surface area (Å²) >= 11 is 0. The van der Waals surface area contributed by atoms with E-state index in [4.69, 9.17) is 0 Å². The van der Waals surface area contributed by atoms with Gasteiger partial charge in [0.1, 0.15) is 17.5 Å². The van der Waals surface area contributed by atoms with Crippen LogP contribution in [0.3, 0.4) is 0 Å². The van der Waals surface area contributed by atoms with E-state index in [1.54, 1.807) is 12.1 Å². The van der Waals surface area contributed by atoms with E-state index in [0.29, 0.717) is 17.2 Å². The highest BCUT2D eigenvalue weighted by Gasteiger charge is 2.31. The van der Waals surface area contributed by atoms with Crippen LogP contribution in [0.2, 0.25) is 0 Å². The number of pyridine rings is 1. The first kappa shape index (κ1) is 30.3. The van der Waals surface area contributed by atoms with E-state index < -0.39 is 53.5 Å². The SMILES string of the molecule is CNC(=O)c1cc(-c2cccnc2[C@H](Cc2cc(F)cc(F)c2)NC(=O)Cc2[nH]nc3ccc(C(F)(F)F)cc23)ccc1F. The summed E-state index contributed by atoms with van der Waals surface area (Å²) in [6.45, 7) is 0. The number of nitrogens with one attached hydrogen (secondary N) is 3. The molecule has 0 unspecified atom stereocenters. The third-order valence-corrected chi connectivity index (χ3v) is 6.91. The first-order chi connectivity index (χ1) is 20.9. The van der Waals surface area contributed by atoms with E-state index in [-0.39, 0.29) is 39.8 Å². The molecule has 5 aromatic rings. The number of H-pyrrole nitrogens is 1. The molecular weight excluding hydrogens is 588 g/mol. The van der Waals surface area contributed by atoms with Crippen LogP contribution >= 0.6 is 0 Å². The lowest BCUT2D eigenvalue weighted by Gasteiger charge is -2.22. The molecule has 0 aliphatic carbocycles. The molecule has 0 radical (unpaired) electrons. The van der Waals surface area contributed by atoms with Gasteiger partial charge in [-0.3, -0.25) is 19.7 Å². The van der Waals surface area contributed by atoms with Crippen molar-refractivity contribution in [2.45, 2.75) is 25.1 Å².